The first-order valence-electron chi connectivity index (χ1n) is 6.89. The summed E-state index contributed by atoms with van der Waals surface area (Å²) >= 11 is 2.10. The second-order valence-electron chi connectivity index (χ2n) is 4.37. The maximum Gasteiger partial charge on any atom is 0.136 e. The molecule has 0 bridgehead atoms. The molecule has 26 heavy (non-hydrogen) atoms. The largest absolute Gasteiger partial charge is 0.192 e. The van der Waals surface area contributed by atoms with Crippen LogP contribution in [0.25, 0.3) is 11.1 Å². The first-order valence-corrected chi connectivity index (χ1v) is 15.6. The van der Waals surface area contributed by atoms with Crippen LogP contribution >= 0.6 is 0 Å². The predicted octanol–water partition coefficient (Wildman–Crippen LogP) is -0.0183. The molecular formula is C18H8N4Se2Te2. The van der Waals surface area contributed by atoms with Crippen molar-refractivity contribution in [1.82, 2.24) is 0 Å². The Balaban J connectivity index is 0.000000206. The van der Waals surface area contributed by atoms with Gasteiger partial charge in [-0.25, -0.2) is 0 Å². The third-order valence-electron chi connectivity index (χ3n) is 2.89. The van der Waals surface area contributed by atoms with Crippen molar-refractivity contribution in [3.8, 4) is 24.3 Å². The zero-order chi connectivity index (χ0) is 18.8. The summed E-state index contributed by atoms with van der Waals surface area (Å²) in [5, 5.41) is 35.5. The molecular weight excluding hydrogens is 685 g/mol. The normalized spacial score (nSPS) is 16.5. The third-order valence-corrected chi connectivity index (χ3v) is 21.4. The van der Waals surface area contributed by atoms with Crippen molar-refractivity contribution in [2.24, 2.45) is 0 Å². The van der Waals surface area contributed by atoms with E-state index >= 15 is 0 Å². The molecule has 0 aliphatic carbocycles. The number of benzene rings is 1. The molecule has 0 saturated heterocycles. The SMILES string of the molecule is C1=C[Te]/C(=C2\[Se]C=C[Te]2)[Se]1.N#CC(C#N)=c1ccc(=C(C#N)C#N)cc1. The van der Waals surface area contributed by atoms with E-state index in [4.69, 9.17) is 21.0 Å². The van der Waals surface area contributed by atoms with Crippen LogP contribution in [-0.4, -0.2) is 71.8 Å². The van der Waals surface area contributed by atoms with Crippen LogP contribution < -0.4 is 10.4 Å². The fourth-order valence-corrected chi connectivity index (χ4v) is 18.4. The number of hydrogen-bond donors (Lipinski definition) is 0. The molecule has 124 valence electrons. The van der Waals surface area contributed by atoms with Gasteiger partial charge in [-0.3, -0.25) is 0 Å². The Kier molecular flexibility index (Phi) is 9.29. The number of nitrogens with zero attached hydrogens (tertiary/aromatic N) is 4. The Morgan fingerprint density at radius 3 is 1.23 bits per heavy atom. The van der Waals surface area contributed by atoms with Gasteiger partial charge in [0.05, 0.1) is 0 Å². The molecule has 0 atom stereocenters. The fraction of sp³-hybridized carbons (Fsp3) is 0. The molecule has 4 nitrogen and oxygen atoms in total. The minimum absolute atomic E-state index is 0.00187. The summed E-state index contributed by atoms with van der Waals surface area (Å²) in [6.07, 6.45) is 0. The van der Waals surface area contributed by atoms with Gasteiger partial charge < -0.3 is 0 Å². The average Bonchev–Trinajstić information content (AvgIpc) is 3.39. The summed E-state index contributed by atoms with van der Waals surface area (Å²) in [4.78, 5) is 4.86. The monoisotopic (exact) mass is 700 g/mol. The molecule has 3 rings (SSSR count). The van der Waals surface area contributed by atoms with Gasteiger partial charge in [-0.15, -0.1) is 0 Å². The molecule has 0 unspecified atom stereocenters. The van der Waals surface area contributed by atoms with Gasteiger partial charge in [0.2, 0.25) is 0 Å². The van der Waals surface area contributed by atoms with E-state index in [-0.39, 0.29) is 53.0 Å². The van der Waals surface area contributed by atoms with E-state index in [0.29, 0.717) is 10.4 Å². The van der Waals surface area contributed by atoms with Crippen LogP contribution in [0.2, 0.25) is 0 Å². The predicted molar refractivity (Wildman–Crippen MR) is 103 cm³/mol. The molecule has 0 aromatic heterocycles. The van der Waals surface area contributed by atoms with Crippen molar-refractivity contribution in [3.05, 3.63) is 57.9 Å². The maximum atomic E-state index is 8.63. The quantitative estimate of drug-likeness (QED) is 0.358. The van der Waals surface area contributed by atoms with Gasteiger partial charge in [-0.05, 0) is 0 Å². The van der Waals surface area contributed by atoms with Crippen molar-refractivity contribution in [2.45, 2.75) is 0 Å². The summed E-state index contributed by atoms with van der Waals surface area (Å²) < 4.78 is 8.83. The van der Waals surface area contributed by atoms with E-state index in [1.807, 2.05) is 5.04 Å². The summed E-state index contributed by atoms with van der Waals surface area (Å²) in [5.41, 5.74) is 0.00373. The average molecular weight is 693 g/mol. The van der Waals surface area contributed by atoms with Crippen molar-refractivity contribution >= 4 is 82.9 Å². The standard InChI is InChI=1S/C12H4N4.C6H4Se2Te2/c13-5-11(6-14)9-1-2-10(4-3-9)12(7-15)8-16;1-3-9-5(7-1)6-8-2-4-10-6/h1-4H;1-4H/b;6-5+. The summed E-state index contributed by atoms with van der Waals surface area (Å²) in [6.45, 7) is 0. The Bertz CT molecular complexity index is 928. The number of rotatable bonds is 0. The van der Waals surface area contributed by atoms with Gasteiger partial charge in [-0.1, -0.05) is 24.3 Å². The third kappa shape index (κ3) is 5.89. The fourth-order valence-electron chi connectivity index (χ4n) is 1.72. The van der Waals surface area contributed by atoms with Crippen LogP contribution in [0, 0.1) is 45.3 Å². The number of nitriles is 4. The van der Waals surface area contributed by atoms with Gasteiger partial charge in [0.1, 0.15) is 35.4 Å². The second-order valence-corrected chi connectivity index (χ2v) is 17.1. The zero-order valence-electron chi connectivity index (χ0n) is 13.0. The molecule has 1 aromatic rings. The summed E-state index contributed by atoms with van der Waals surface area (Å²) in [6, 6.07) is 13.2. The first-order chi connectivity index (χ1) is 12.7. The van der Waals surface area contributed by atoms with Crippen molar-refractivity contribution in [2.75, 3.05) is 0 Å². The van der Waals surface area contributed by atoms with E-state index in [9.17, 15) is 0 Å². The topological polar surface area (TPSA) is 95.2 Å². The summed E-state index contributed by atoms with van der Waals surface area (Å²) in [5.74, 6) is 0. The van der Waals surface area contributed by atoms with Crippen molar-refractivity contribution in [3.63, 3.8) is 0 Å². The van der Waals surface area contributed by atoms with Crippen LogP contribution in [0.5, 0.6) is 0 Å². The van der Waals surface area contributed by atoms with E-state index in [1.165, 1.54) is 24.3 Å². The Morgan fingerprint density at radius 2 is 1.00 bits per heavy atom. The molecule has 2 aliphatic heterocycles. The molecule has 0 N–H and O–H groups in total. The van der Waals surface area contributed by atoms with Gasteiger partial charge >= 0.3 is 95.0 Å². The van der Waals surface area contributed by atoms with Crippen LogP contribution in [0.3, 0.4) is 0 Å². The molecule has 8 heteroatoms. The maximum absolute atomic E-state index is 8.63. The van der Waals surface area contributed by atoms with Crippen LogP contribution in [0.15, 0.2) is 47.5 Å². The number of hydrogen-bond acceptors (Lipinski definition) is 4. The minimum atomic E-state index is 0.00187. The Morgan fingerprint density at radius 1 is 0.654 bits per heavy atom. The van der Waals surface area contributed by atoms with Crippen LogP contribution in [0.1, 0.15) is 0 Å². The van der Waals surface area contributed by atoms with Crippen molar-refractivity contribution in [1.29, 1.82) is 21.0 Å². The van der Waals surface area contributed by atoms with E-state index < -0.39 is 0 Å². The van der Waals surface area contributed by atoms with E-state index in [2.05, 4.69) is 18.2 Å². The molecule has 2 aliphatic rings. The van der Waals surface area contributed by atoms with Gasteiger partial charge in [-0.2, -0.15) is 21.0 Å². The van der Waals surface area contributed by atoms with Gasteiger partial charge in [0.15, 0.2) is 0 Å². The molecule has 0 saturated carbocycles. The second kappa shape index (κ2) is 11.5. The minimum Gasteiger partial charge on any atom is -0.192 e. The van der Waals surface area contributed by atoms with E-state index in [0.717, 1.165) is 29.9 Å². The smallest absolute Gasteiger partial charge is 0.136 e. The van der Waals surface area contributed by atoms with E-state index in [1.54, 1.807) is 24.3 Å². The molecule has 1 aromatic carbocycles. The molecule has 0 radical (unpaired) electrons. The van der Waals surface area contributed by atoms with Crippen LogP contribution in [-0.2, 0) is 0 Å². The molecule has 0 fully saturated rings. The summed E-state index contributed by atoms with van der Waals surface area (Å²) in [7, 11) is 0. The first kappa shape index (κ1) is 21.1. The molecule has 0 spiro atoms. The molecule has 0 amide bonds. The van der Waals surface area contributed by atoms with Crippen LogP contribution in [0.4, 0.5) is 0 Å². The Labute approximate surface area is 184 Å². The molecule has 2 heterocycles. The van der Waals surface area contributed by atoms with Gasteiger partial charge in [0, 0.05) is 10.4 Å². The Hall–Kier alpha value is -1.24. The van der Waals surface area contributed by atoms with Crippen molar-refractivity contribution < 1.29 is 0 Å². The van der Waals surface area contributed by atoms with Gasteiger partial charge in [0.25, 0.3) is 0 Å². The zero-order valence-corrected chi connectivity index (χ0v) is 21.1.